The molecule has 1 saturated heterocycles. The molecule has 0 radical (unpaired) electrons. The van der Waals surface area contributed by atoms with E-state index in [0.717, 1.165) is 30.1 Å². The third-order valence-corrected chi connectivity index (χ3v) is 5.23. The van der Waals surface area contributed by atoms with Crippen LogP contribution in [0.1, 0.15) is 18.9 Å². The quantitative estimate of drug-likeness (QED) is 0.529. The van der Waals surface area contributed by atoms with Crippen molar-refractivity contribution in [2.45, 2.75) is 26.1 Å². The zero-order chi connectivity index (χ0) is 21.6. The van der Waals surface area contributed by atoms with Crippen molar-refractivity contribution >= 4 is 5.96 Å². The number of guanidine groups is 1. The summed E-state index contributed by atoms with van der Waals surface area (Å²) in [7, 11) is 1.72. The molecule has 30 heavy (non-hydrogen) atoms. The van der Waals surface area contributed by atoms with Crippen LogP contribution in [0.15, 0.2) is 35.6 Å². The summed E-state index contributed by atoms with van der Waals surface area (Å²) in [6, 6.07) is 7.97. The molecular formula is C20H28F3N7. The highest BCUT2D eigenvalue weighted by Gasteiger charge is 2.33. The molecule has 0 aliphatic carbocycles. The predicted octanol–water partition coefficient (Wildman–Crippen LogP) is 2.75. The van der Waals surface area contributed by atoms with Gasteiger partial charge in [0, 0.05) is 38.8 Å². The topological polar surface area (TPSA) is 72.4 Å². The van der Waals surface area contributed by atoms with Crippen LogP contribution in [0, 0.1) is 5.92 Å². The van der Waals surface area contributed by atoms with Crippen LogP contribution in [0.2, 0.25) is 0 Å². The van der Waals surface area contributed by atoms with E-state index in [1.54, 1.807) is 14.0 Å². The second-order valence-electron chi connectivity index (χ2n) is 7.48. The maximum absolute atomic E-state index is 12.7. The van der Waals surface area contributed by atoms with E-state index in [9.17, 15) is 13.2 Å². The van der Waals surface area contributed by atoms with E-state index in [4.69, 9.17) is 0 Å². The number of aliphatic imine (C=N–C) groups is 1. The fraction of sp³-hybridized carbons (Fsp3) is 0.550. The summed E-state index contributed by atoms with van der Waals surface area (Å²) in [4.78, 5) is 12.1. The minimum Gasteiger partial charge on any atom is -0.352 e. The van der Waals surface area contributed by atoms with Gasteiger partial charge in [0.15, 0.2) is 11.8 Å². The number of aromatic amines is 1. The summed E-state index contributed by atoms with van der Waals surface area (Å²) < 4.78 is 38.1. The summed E-state index contributed by atoms with van der Waals surface area (Å²) in [5.74, 6) is 1.67. The van der Waals surface area contributed by atoms with Gasteiger partial charge in [0.1, 0.15) is 6.33 Å². The monoisotopic (exact) mass is 423 g/mol. The molecule has 1 atom stereocenters. The number of nitrogens with one attached hydrogen (secondary N) is 2. The van der Waals surface area contributed by atoms with Gasteiger partial charge < -0.3 is 10.2 Å². The van der Waals surface area contributed by atoms with E-state index >= 15 is 0 Å². The molecule has 1 aromatic carbocycles. The van der Waals surface area contributed by atoms with Gasteiger partial charge in [0.05, 0.1) is 6.54 Å². The van der Waals surface area contributed by atoms with Gasteiger partial charge >= 0.3 is 6.18 Å². The van der Waals surface area contributed by atoms with Gasteiger partial charge in [-0.25, -0.2) is 4.98 Å². The molecule has 0 saturated carbocycles. The molecule has 1 aliphatic heterocycles. The smallest absolute Gasteiger partial charge is 0.352 e. The van der Waals surface area contributed by atoms with Gasteiger partial charge in [-0.3, -0.25) is 15.0 Å². The summed E-state index contributed by atoms with van der Waals surface area (Å²) in [6.45, 7) is 3.83. The SMILES string of the molecule is CCN(CC1CCN(C(=NC)NCc2cccc(-c3ncn[nH]3)c2)C1)CC(F)(F)F. The molecule has 10 heteroatoms. The number of benzene rings is 1. The summed E-state index contributed by atoms with van der Waals surface area (Å²) in [5, 5.41) is 10.1. The maximum atomic E-state index is 12.7. The van der Waals surface area contributed by atoms with Crippen LogP contribution >= 0.6 is 0 Å². The largest absolute Gasteiger partial charge is 0.401 e. The summed E-state index contributed by atoms with van der Waals surface area (Å²) in [6.07, 6.45) is -1.83. The number of halogens is 3. The number of aromatic nitrogens is 3. The lowest BCUT2D eigenvalue weighted by molar-refractivity contribution is -0.146. The molecular weight excluding hydrogens is 395 g/mol. The number of hydrogen-bond donors (Lipinski definition) is 2. The van der Waals surface area contributed by atoms with E-state index in [1.807, 2.05) is 24.3 Å². The van der Waals surface area contributed by atoms with Gasteiger partial charge in [0.2, 0.25) is 0 Å². The molecule has 0 spiro atoms. The Kier molecular flexibility index (Phi) is 7.30. The van der Waals surface area contributed by atoms with E-state index in [1.165, 1.54) is 11.2 Å². The van der Waals surface area contributed by atoms with Crippen LogP contribution in [0.3, 0.4) is 0 Å². The molecule has 2 N–H and O–H groups in total. The van der Waals surface area contributed by atoms with Crippen LogP contribution in [0.5, 0.6) is 0 Å². The van der Waals surface area contributed by atoms with Gasteiger partial charge in [-0.05, 0) is 30.5 Å². The Morgan fingerprint density at radius 3 is 2.90 bits per heavy atom. The first-order valence-corrected chi connectivity index (χ1v) is 10.1. The predicted molar refractivity (Wildman–Crippen MR) is 110 cm³/mol. The van der Waals surface area contributed by atoms with Gasteiger partial charge in [-0.1, -0.05) is 25.1 Å². The number of rotatable bonds is 7. The van der Waals surface area contributed by atoms with Crippen molar-refractivity contribution in [3.63, 3.8) is 0 Å². The fourth-order valence-corrected chi connectivity index (χ4v) is 3.78. The fourth-order valence-electron chi connectivity index (χ4n) is 3.78. The molecule has 1 aromatic heterocycles. The lowest BCUT2D eigenvalue weighted by atomic mass is 10.1. The molecule has 7 nitrogen and oxygen atoms in total. The minimum atomic E-state index is -4.16. The first kappa shape index (κ1) is 22.1. The lowest BCUT2D eigenvalue weighted by Gasteiger charge is -2.26. The van der Waals surface area contributed by atoms with E-state index in [2.05, 4.69) is 30.4 Å². The molecule has 2 aromatic rings. The lowest BCUT2D eigenvalue weighted by Crippen LogP contribution is -2.41. The Morgan fingerprint density at radius 1 is 1.40 bits per heavy atom. The molecule has 1 aliphatic rings. The second kappa shape index (κ2) is 9.92. The van der Waals surface area contributed by atoms with Crippen molar-refractivity contribution in [2.24, 2.45) is 10.9 Å². The number of likely N-dealkylation sites (tertiary alicyclic amines) is 1. The highest BCUT2D eigenvalue weighted by atomic mass is 19.4. The van der Waals surface area contributed by atoms with Crippen molar-refractivity contribution in [3.05, 3.63) is 36.2 Å². The number of hydrogen-bond acceptors (Lipinski definition) is 4. The van der Waals surface area contributed by atoms with E-state index in [0.29, 0.717) is 32.0 Å². The molecule has 0 bridgehead atoms. The first-order valence-electron chi connectivity index (χ1n) is 10.1. The van der Waals surface area contributed by atoms with Crippen molar-refractivity contribution in [1.29, 1.82) is 0 Å². The Hall–Kier alpha value is -2.62. The highest BCUT2D eigenvalue weighted by Crippen LogP contribution is 2.21. The Balaban J connectivity index is 1.53. The van der Waals surface area contributed by atoms with E-state index in [-0.39, 0.29) is 5.92 Å². The second-order valence-corrected chi connectivity index (χ2v) is 7.48. The number of nitrogens with zero attached hydrogens (tertiary/aromatic N) is 5. The Labute approximate surface area is 174 Å². The summed E-state index contributed by atoms with van der Waals surface area (Å²) >= 11 is 0. The van der Waals surface area contributed by atoms with Gasteiger partial charge in [-0.15, -0.1) is 0 Å². The molecule has 164 valence electrons. The third kappa shape index (κ3) is 6.19. The minimum absolute atomic E-state index is 0.195. The van der Waals surface area contributed by atoms with Crippen LogP contribution in [0.4, 0.5) is 13.2 Å². The average molecular weight is 423 g/mol. The average Bonchev–Trinajstić information content (AvgIpc) is 3.40. The van der Waals surface area contributed by atoms with Crippen molar-refractivity contribution in [1.82, 2.24) is 30.3 Å². The standard InChI is InChI=1S/C20H28F3N7/c1-3-29(13-20(21,22)23)11-16-7-8-30(12-16)19(24-2)25-10-15-5-4-6-17(9-15)18-26-14-27-28-18/h4-6,9,14,16H,3,7-8,10-13H2,1-2H3,(H,24,25)(H,26,27,28). The Bertz CT molecular complexity index is 820. The Morgan fingerprint density at radius 2 is 2.23 bits per heavy atom. The summed E-state index contributed by atoms with van der Waals surface area (Å²) in [5.41, 5.74) is 2.02. The third-order valence-electron chi connectivity index (χ3n) is 5.23. The van der Waals surface area contributed by atoms with Crippen molar-refractivity contribution in [3.8, 4) is 11.4 Å². The highest BCUT2D eigenvalue weighted by molar-refractivity contribution is 5.80. The van der Waals surface area contributed by atoms with Crippen LogP contribution < -0.4 is 5.32 Å². The molecule has 3 rings (SSSR count). The van der Waals surface area contributed by atoms with Crippen molar-refractivity contribution in [2.75, 3.05) is 39.8 Å². The van der Waals surface area contributed by atoms with E-state index < -0.39 is 12.7 Å². The van der Waals surface area contributed by atoms with Gasteiger partial charge in [0.25, 0.3) is 0 Å². The zero-order valence-electron chi connectivity index (χ0n) is 17.3. The van der Waals surface area contributed by atoms with Crippen LogP contribution in [-0.4, -0.2) is 76.9 Å². The van der Waals surface area contributed by atoms with Gasteiger partial charge in [-0.2, -0.15) is 18.3 Å². The van der Waals surface area contributed by atoms with Crippen molar-refractivity contribution < 1.29 is 13.2 Å². The van der Waals surface area contributed by atoms with Crippen LogP contribution in [-0.2, 0) is 6.54 Å². The zero-order valence-corrected chi connectivity index (χ0v) is 17.3. The molecule has 1 unspecified atom stereocenters. The normalized spacial score (nSPS) is 17.7. The number of H-pyrrole nitrogens is 1. The number of alkyl halides is 3. The van der Waals surface area contributed by atoms with Crippen LogP contribution in [0.25, 0.3) is 11.4 Å². The molecule has 0 amide bonds. The molecule has 2 heterocycles. The maximum Gasteiger partial charge on any atom is 0.401 e. The first-order chi connectivity index (χ1) is 14.4. The molecule has 1 fully saturated rings.